The molecule has 0 unspecified atom stereocenters. The Labute approximate surface area is 137 Å². The van der Waals surface area contributed by atoms with Gasteiger partial charge in [-0.25, -0.2) is 12.1 Å². The Morgan fingerprint density at radius 3 is 2.39 bits per heavy atom. The molecule has 88 valence electrons. The molecule has 0 saturated carbocycles. The molecule has 0 fully saturated rings. The van der Waals surface area contributed by atoms with E-state index in [4.69, 9.17) is 0 Å². The Kier molecular flexibility index (Phi) is 15.4. The molecule has 0 saturated heterocycles. The summed E-state index contributed by atoms with van der Waals surface area (Å²) in [6, 6.07) is 11.5. The van der Waals surface area contributed by atoms with Crippen LogP contribution in [0, 0.1) is 12.1 Å². The van der Waals surface area contributed by atoms with Crippen LogP contribution in [0.2, 0.25) is 0 Å². The van der Waals surface area contributed by atoms with E-state index >= 15 is 0 Å². The fraction of sp³-hybridized carbons (Fsp3) is 0.500. The molecule has 0 amide bonds. The zero-order chi connectivity index (χ0) is 11.6. The maximum absolute atomic E-state index is 3.56. The number of rotatable bonds is 7. The SMILES string of the molecule is CCCC[C-]=C(CCCC)c1[c-]cccc1.[Li+].[Li+]. The van der Waals surface area contributed by atoms with Crippen molar-refractivity contribution in [3.8, 4) is 0 Å². The Bertz CT molecular complexity index is 304. The first kappa shape index (κ1) is 20.5. The standard InChI is InChI=1S/C16H22.2Li/c1-3-5-8-12-15(11-6-4-2)16-13-9-7-10-14-16;;/h7,9-10,13H,3-6,8,11H2,1-2H3;;/q-2;2*+1. The third-order valence-electron chi connectivity index (χ3n) is 2.68. The van der Waals surface area contributed by atoms with Gasteiger partial charge in [-0.2, -0.15) is 12.1 Å². The third kappa shape index (κ3) is 8.29. The summed E-state index contributed by atoms with van der Waals surface area (Å²) >= 11 is 0. The van der Waals surface area contributed by atoms with Crippen molar-refractivity contribution in [1.82, 2.24) is 0 Å². The molecular weight excluding hydrogens is 206 g/mol. The van der Waals surface area contributed by atoms with Crippen molar-refractivity contribution in [2.75, 3.05) is 0 Å². The fourth-order valence-electron chi connectivity index (χ4n) is 1.67. The first-order valence-electron chi connectivity index (χ1n) is 6.45. The number of hydrogen-bond acceptors (Lipinski definition) is 0. The molecule has 0 atom stereocenters. The van der Waals surface area contributed by atoms with E-state index < -0.39 is 0 Å². The van der Waals surface area contributed by atoms with Crippen LogP contribution in [0.5, 0.6) is 0 Å². The summed E-state index contributed by atoms with van der Waals surface area (Å²) in [6.07, 6.45) is 10.7. The van der Waals surface area contributed by atoms with Crippen LogP contribution in [-0.4, -0.2) is 0 Å². The maximum atomic E-state index is 3.56. The molecule has 0 radical (unpaired) electrons. The van der Waals surface area contributed by atoms with Crippen molar-refractivity contribution >= 4 is 5.57 Å². The van der Waals surface area contributed by atoms with Crippen LogP contribution in [0.15, 0.2) is 24.3 Å². The van der Waals surface area contributed by atoms with Crippen LogP contribution in [0.25, 0.3) is 5.57 Å². The topological polar surface area (TPSA) is 0 Å². The van der Waals surface area contributed by atoms with Gasteiger partial charge in [0, 0.05) is 0 Å². The molecule has 0 aliphatic carbocycles. The molecule has 1 aromatic rings. The van der Waals surface area contributed by atoms with Crippen LogP contribution < -0.4 is 37.7 Å². The van der Waals surface area contributed by atoms with E-state index in [1.165, 1.54) is 36.8 Å². The minimum atomic E-state index is 0. The summed E-state index contributed by atoms with van der Waals surface area (Å²) in [6.45, 7) is 4.46. The molecule has 0 spiro atoms. The van der Waals surface area contributed by atoms with E-state index in [2.05, 4.69) is 38.1 Å². The summed E-state index contributed by atoms with van der Waals surface area (Å²) < 4.78 is 0. The number of unbranched alkanes of at least 4 members (excludes halogenated alkanes) is 3. The summed E-state index contributed by atoms with van der Waals surface area (Å²) in [7, 11) is 0. The second-order valence-electron chi connectivity index (χ2n) is 4.14. The Balaban J connectivity index is 0. The molecule has 1 aromatic carbocycles. The van der Waals surface area contributed by atoms with E-state index in [-0.39, 0.29) is 37.7 Å². The van der Waals surface area contributed by atoms with Crippen LogP contribution in [0.4, 0.5) is 0 Å². The van der Waals surface area contributed by atoms with Gasteiger partial charge in [-0.1, -0.05) is 46.0 Å². The summed E-state index contributed by atoms with van der Waals surface area (Å²) in [4.78, 5) is 0. The van der Waals surface area contributed by atoms with Crippen LogP contribution in [-0.2, 0) is 0 Å². The van der Waals surface area contributed by atoms with E-state index in [0.29, 0.717) is 0 Å². The molecule has 18 heavy (non-hydrogen) atoms. The first-order valence-corrected chi connectivity index (χ1v) is 6.45. The maximum Gasteiger partial charge on any atom is 1.00 e. The molecule has 1 rings (SSSR count). The predicted molar refractivity (Wildman–Crippen MR) is 71.0 cm³/mol. The Morgan fingerprint density at radius 2 is 1.83 bits per heavy atom. The van der Waals surface area contributed by atoms with Gasteiger partial charge in [-0.3, -0.25) is 5.57 Å². The van der Waals surface area contributed by atoms with Crippen molar-refractivity contribution in [2.24, 2.45) is 0 Å². The van der Waals surface area contributed by atoms with Crippen molar-refractivity contribution in [3.63, 3.8) is 0 Å². The first-order chi connectivity index (χ1) is 7.88. The third-order valence-corrected chi connectivity index (χ3v) is 2.68. The summed E-state index contributed by atoms with van der Waals surface area (Å²) in [5.74, 6) is 0. The summed E-state index contributed by atoms with van der Waals surface area (Å²) in [5.41, 5.74) is 2.59. The monoisotopic (exact) mass is 228 g/mol. The van der Waals surface area contributed by atoms with Gasteiger partial charge in [0.25, 0.3) is 0 Å². The van der Waals surface area contributed by atoms with Gasteiger partial charge in [-0.05, 0) is 0 Å². The van der Waals surface area contributed by atoms with Crippen LogP contribution >= 0.6 is 0 Å². The average molecular weight is 228 g/mol. The van der Waals surface area contributed by atoms with Gasteiger partial charge in [0.1, 0.15) is 0 Å². The largest absolute Gasteiger partial charge is 1.00 e. The molecule has 0 heterocycles. The van der Waals surface area contributed by atoms with Crippen molar-refractivity contribution < 1.29 is 37.7 Å². The number of benzene rings is 1. The van der Waals surface area contributed by atoms with E-state index in [1.54, 1.807) is 0 Å². The minimum absolute atomic E-state index is 0. The average Bonchev–Trinajstić information content (AvgIpc) is 2.35. The quantitative estimate of drug-likeness (QED) is 0.321. The molecule has 0 bridgehead atoms. The van der Waals surface area contributed by atoms with E-state index in [1.807, 2.05) is 12.1 Å². The van der Waals surface area contributed by atoms with E-state index in [0.717, 1.165) is 12.8 Å². The van der Waals surface area contributed by atoms with Crippen LogP contribution in [0.1, 0.15) is 57.9 Å². The van der Waals surface area contributed by atoms with Gasteiger partial charge in [0.15, 0.2) is 0 Å². The normalized spacial score (nSPS) is 10.4. The molecule has 0 aromatic heterocycles. The van der Waals surface area contributed by atoms with Crippen molar-refractivity contribution in [1.29, 1.82) is 0 Å². The zero-order valence-electron chi connectivity index (χ0n) is 12.6. The second-order valence-corrected chi connectivity index (χ2v) is 4.14. The number of allylic oxidation sites excluding steroid dienone is 2. The molecule has 2 heteroatoms. The van der Waals surface area contributed by atoms with Gasteiger partial charge in [0.2, 0.25) is 0 Å². The van der Waals surface area contributed by atoms with Gasteiger partial charge < -0.3 is 11.6 Å². The minimum Gasteiger partial charge on any atom is -0.323 e. The molecule has 0 N–H and O–H groups in total. The van der Waals surface area contributed by atoms with Gasteiger partial charge in [0.05, 0.1) is 0 Å². The van der Waals surface area contributed by atoms with Gasteiger partial charge in [-0.15, -0.1) is 12.5 Å². The van der Waals surface area contributed by atoms with Crippen molar-refractivity contribution in [3.05, 3.63) is 42.0 Å². The van der Waals surface area contributed by atoms with Crippen LogP contribution in [0.3, 0.4) is 0 Å². The van der Waals surface area contributed by atoms with Gasteiger partial charge >= 0.3 is 37.7 Å². The molecule has 0 aliphatic rings. The Morgan fingerprint density at radius 1 is 1.11 bits per heavy atom. The second kappa shape index (κ2) is 13.6. The number of hydrogen-bond donors (Lipinski definition) is 0. The molecule has 0 aliphatic heterocycles. The molecular formula is C16H22Li2. The smallest absolute Gasteiger partial charge is 0.323 e. The summed E-state index contributed by atoms with van der Waals surface area (Å²) in [5, 5.41) is 0. The zero-order valence-corrected chi connectivity index (χ0v) is 12.6. The fourth-order valence-corrected chi connectivity index (χ4v) is 1.67. The molecule has 0 nitrogen and oxygen atoms in total. The van der Waals surface area contributed by atoms with E-state index in [9.17, 15) is 0 Å². The Hall–Kier alpha value is 0.155. The van der Waals surface area contributed by atoms with Crippen molar-refractivity contribution in [2.45, 2.75) is 52.4 Å². The predicted octanol–water partition coefficient (Wildman–Crippen LogP) is -0.938.